The quantitative estimate of drug-likeness (QED) is 0.138. The first-order chi connectivity index (χ1) is 28.1. The number of likely N-dealkylation sites (N-methyl/N-ethyl adjacent to an activating group) is 3. The van der Waals surface area contributed by atoms with Gasteiger partial charge in [0.2, 0.25) is 0 Å². The maximum Gasteiger partial charge on any atom is 0.261 e. The number of carbonyl (C=O) groups is 4. The van der Waals surface area contributed by atoms with Crippen molar-refractivity contribution in [2.24, 2.45) is 0 Å². The van der Waals surface area contributed by atoms with Gasteiger partial charge in [-0.15, -0.1) is 0 Å². The summed E-state index contributed by atoms with van der Waals surface area (Å²) in [7, 11) is 6.15. The molecule has 13 heteroatoms. The third kappa shape index (κ3) is 7.82. The van der Waals surface area contributed by atoms with Gasteiger partial charge in [0.25, 0.3) is 23.6 Å². The van der Waals surface area contributed by atoms with Crippen molar-refractivity contribution in [1.29, 1.82) is 0 Å². The number of amides is 4. The van der Waals surface area contributed by atoms with Crippen molar-refractivity contribution < 1.29 is 19.2 Å². The number of thiol groups is 1. The lowest BCUT2D eigenvalue weighted by atomic mass is 9.92. The number of nitrogens with zero attached hydrogens (tertiary/aromatic N) is 8. The smallest absolute Gasteiger partial charge is 0.261 e. The Balaban J connectivity index is 0.824. The molecule has 2 fully saturated rings. The lowest BCUT2D eigenvalue weighted by Crippen LogP contribution is -2.47. The van der Waals surface area contributed by atoms with Gasteiger partial charge < -0.3 is 24.5 Å². The number of piperazine rings is 2. The van der Waals surface area contributed by atoms with Gasteiger partial charge >= 0.3 is 0 Å². The highest BCUT2D eigenvalue weighted by atomic mass is 32.1. The van der Waals surface area contributed by atoms with Gasteiger partial charge in [0, 0.05) is 134 Å². The normalized spacial score (nSPS) is 18.0. The predicted molar refractivity (Wildman–Crippen MR) is 235 cm³/mol. The van der Waals surface area contributed by atoms with Crippen LogP contribution in [0.1, 0.15) is 54.3 Å². The van der Waals surface area contributed by atoms with Crippen LogP contribution in [0.25, 0.3) is 21.5 Å². The summed E-state index contributed by atoms with van der Waals surface area (Å²) >= 11 is 4.36. The van der Waals surface area contributed by atoms with E-state index in [1.165, 1.54) is 9.80 Å². The van der Waals surface area contributed by atoms with Crippen molar-refractivity contribution in [3.8, 4) is 0 Å². The number of benzene rings is 4. The molecule has 0 bridgehead atoms. The Morgan fingerprint density at radius 3 is 1.40 bits per heavy atom. The predicted octanol–water partition coefficient (Wildman–Crippen LogP) is 4.33. The van der Waals surface area contributed by atoms with Gasteiger partial charge in [0.15, 0.2) is 0 Å². The summed E-state index contributed by atoms with van der Waals surface area (Å²) in [5.74, 6) is -0.0454. The second-order valence-corrected chi connectivity index (χ2v) is 16.8. The van der Waals surface area contributed by atoms with Gasteiger partial charge in [-0.1, -0.05) is 24.3 Å². The number of carbonyl (C=O) groups excluding carboxylic acids is 4. The maximum atomic E-state index is 13.8. The summed E-state index contributed by atoms with van der Waals surface area (Å²) in [6.07, 6.45) is 1.93. The van der Waals surface area contributed by atoms with Crippen molar-refractivity contribution in [3.05, 3.63) is 82.9 Å². The summed E-state index contributed by atoms with van der Waals surface area (Å²) in [4.78, 5) is 71.8. The average Bonchev–Trinajstić information content (AvgIpc) is 3.24. The molecule has 4 aromatic carbocycles. The van der Waals surface area contributed by atoms with Crippen molar-refractivity contribution >= 4 is 69.2 Å². The summed E-state index contributed by atoms with van der Waals surface area (Å²) in [5, 5.41) is 3.47. The molecule has 4 heterocycles. The molecule has 2 saturated heterocycles. The molecule has 0 aliphatic carbocycles. The van der Waals surface area contributed by atoms with Crippen LogP contribution in [-0.4, -0.2) is 178 Å². The first kappa shape index (κ1) is 40.3. The molecule has 4 amide bonds. The lowest BCUT2D eigenvalue weighted by Gasteiger charge is -2.37. The average molecular weight is 805 g/mol. The van der Waals surface area contributed by atoms with E-state index in [0.717, 1.165) is 124 Å². The first-order valence-corrected chi connectivity index (χ1v) is 21.5. The Morgan fingerprint density at radius 2 is 0.948 bits per heavy atom. The Morgan fingerprint density at radius 1 is 0.517 bits per heavy atom. The van der Waals surface area contributed by atoms with Crippen molar-refractivity contribution in [2.45, 2.75) is 12.8 Å². The first-order valence-electron chi connectivity index (χ1n) is 20.9. The third-order valence-electron chi connectivity index (χ3n) is 12.6. The monoisotopic (exact) mass is 804 g/mol. The number of anilines is 2. The van der Waals surface area contributed by atoms with E-state index in [-0.39, 0.29) is 23.6 Å². The Hall–Kier alpha value is -4.53. The molecular weight excluding hydrogens is 749 g/mol. The number of hydrogen-bond donors (Lipinski definition) is 1. The Bertz CT molecular complexity index is 2170. The third-order valence-corrected chi connectivity index (χ3v) is 12.9. The molecule has 4 aliphatic heterocycles. The molecule has 58 heavy (non-hydrogen) atoms. The molecule has 306 valence electrons. The molecule has 4 aromatic rings. The SMILES string of the molecule is CN(CCCN(C)CCN1C(=O)c2cccc3c(N4CCN(CCCS)CC4)ccc(c23)C1=O)CCN1C(=O)c2cccc3c(N4CCN(C)CC4)ccc(c23)C1=O. The van der Waals surface area contributed by atoms with Gasteiger partial charge in [-0.25, -0.2) is 0 Å². The summed E-state index contributed by atoms with van der Waals surface area (Å²) < 4.78 is 0. The van der Waals surface area contributed by atoms with E-state index in [1.54, 1.807) is 0 Å². The van der Waals surface area contributed by atoms with Gasteiger partial charge in [-0.05, 0) is 95.8 Å². The van der Waals surface area contributed by atoms with E-state index < -0.39 is 0 Å². The molecule has 12 nitrogen and oxygen atoms in total. The largest absolute Gasteiger partial charge is 0.368 e. The number of imide groups is 2. The van der Waals surface area contributed by atoms with Crippen molar-refractivity contribution in [1.82, 2.24) is 29.4 Å². The minimum absolute atomic E-state index is 0.234. The zero-order valence-electron chi connectivity index (χ0n) is 34.2. The molecule has 4 aliphatic rings. The van der Waals surface area contributed by atoms with Crippen LogP contribution in [0, 0.1) is 0 Å². The Labute approximate surface area is 347 Å². The molecule has 0 atom stereocenters. The van der Waals surface area contributed by atoms with E-state index in [0.29, 0.717) is 48.4 Å². The van der Waals surface area contributed by atoms with Crippen LogP contribution >= 0.6 is 12.6 Å². The van der Waals surface area contributed by atoms with Crippen LogP contribution in [-0.2, 0) is 0 Å². The maximum absolute atomic E-state index is 13.8. The van der Waals surface area contributed by atoms with Gasteiger partial charge in [0.1, 0.15) is 0 Å². The molecule has 0 radical (unpaired) electrons. The molecule has 0 unspecified atom stereocenters. The summed E-state index contributed by atoms with van der Waals surface area (Å²) in [5.41, 5.74) is 4.53. The molecule has 0 saturated carbocycles. The van der Waals surface area contributed by atoms with Crippen LogP contribution in [0.15, 0.2) is 60.7 Å². The summed E-state index contributed by atoms with van der Waals surface area (Å²) in [6, 6.07) is 19.5. The minimum atomic E-state index is -0.235. The highest BCUT2D eigenvalue weighted by Crippen LogP contribution is 2.38. The molecule has 0 aromatic heterocycles. The van der Waals surface area contributed by atoms with Crippen molar-refractivity contribution in [2.75, 3.05) is 135 Å². The van der Waals surface area contributed by atoms with E-state index in [9.17, 15) is 19.2 Å². The fourth-order valence-corrected chi connectivity index (χ4v) is 9.29. The van der Waals surface area contributed by atoms with Crippen LogP contribution in [0.5, 0.6) is 0 Å². The lowest BCUT2D eigenvalue weighted by molar-refractivity contribution is 0.0585. The molecular formula is C45H56N8O4S. The zero-order valence-corrected chi connectivity index (χ0v) is 35.1. The van der Waals surface area contributed by atoms with Crippen molar-refractivity contribution in [3.63, 3.8) is 0 Å². The highest BCUT2D eigenvalue weighted by Gasteiger charge is 2.35. The Kier molecular flexibility index (Phi) is 12.1. The molecule has 8 rings (SSSR count). The standard InChI is InChI=1S/C45H56N8O4S/c1-46(21-29-52-42(54)34-10-4-8-32-38(50-25-19-48(3)20-26-50)14-12-36(40(32)34)44(52)56)16-6-17-47(2)22-30-53-43(55)35-11-5-9-33-39(15-13-37(41(33)35)45(53)57)51-27-23-49(24-28-51)18-7-31-58/h4-5,8-15,58H,6-7,16-31H2,1-3H3. The van der Waals surface area contributed by atoms with E-state index in [1.807, 2.05) is 68.7 Å². The van der Waals surface area contributed by atoms with E-state index in [4.69, 9.17) is 0 Å². The topological polar surface area (TPSA) is 94.2 Å². The molecule has 0 N–H and O–H groups in total. The van der Waals surface area contributed by atoms with Crippen LogP contribution in [0.3, 0.4) is 0 Å². The van der Waals surface area contributed by atoms with Gasteiger partial charge in [0.05, 0.1) is 0 Å². The fourth-order valence-electron chi connectivity index (χ4n) is 9.15. The van der Waals surface area contributed by atoms with Gasteiger partial charge in [-0.2, -0.15) is 12.6 Å². The van der Waals surface area contributed by atoms with Gasteiger partial charge in [-0.3, -0.25) is 33.9 Å². The second-order valence-electron chi connectivity index (χ2n) is 16.4. The van der Waals surface area contributed by atoms with E-state index in [2.05, 4.69) is 55.1 Å². The second kappa shape index (κ2) is 17.4. The highest BCUT2D eigenvalue weighted by molar-refractivity contribution is 7.80. The molecule has 0 spiro atoms. The zero-order chi connectivity index (χ0) is 40.5. The van der Waals surface area contributed by atoms with Crippen LogP contribution in [0.2, 0.25) is 0 Å². The van der Waals surface area contributed by atoms with Crippen LogP contribution in [0.4, 0.5) is 11.4 Å². The summed E-state index contributed by atoms with van der Waals surface area (Å²) in [6.45, 7) is 11.9. The van der Waals surface area contributed by atoms with E-state index >= 15 is 0 Å². The van der Waals surface area contributed by atoms with Crippen LogP contribution < -0.4 is 9.80 Å². The number of rotatable bonds is 15. The number of hydrogen-bond acceptors (Lipinski definition) is 11. The minimum Gasteiger partial charge on any atom is -0.368 e. The fraction of sp³-hybridized carbons (Fsp3) is 0.467.